The number of ether oxygens (including phenoxy) is 1. The molecule has 0 saturated carbocycles. The fourth-order valence-electron chi connectivity index (χ4n) is 0.813. The van der Waals surface area contributed by atoms with Crippen LogP contribution in [0.4, 0.5) is 0 Å². The SMILES string of the molecule is CC[C@@H](C)[C@@H](N=C=O)C(=O)OC. The van der Waals surface area contributed by atoms with Crippen LogP contribution in [0.25, 0.3) is 0 Å². The van der Waals surface area contributed by atoms with Gasteiger partial charge < -0.3 is 4.74 Å². The molecular weight excluding hydrogens is 158 g/mol. The molecule has 12 heavy (non-hydrogen) atoms. The Morgan fingerprint density at radius 2 is 2.25 bits per heavy atom. The first-order chi connectivity index (χ1) is 5.67. The summed E-state index contributed by atoms with van der Waals surface area (Å²) in [4.78, 5) is 24.3. The smallest absolute Gasteiger partial charge is 0.331 e. The molecule has 0 aromatic carbocycles. The number of aliphatic imine (C=N–C) groups is 1. The van der Waals surface area contributed by atoms with E-state index in [1.54, 1.807) is 0 Å². The number of nitrogens with zero attached hydrogens (tertiary/aromatic N) is 1. The summed E-state index contributed by atoms with van der Waals surface area (Å²) in [6.07, 6.45) is 2.14. The molecule has 0 spiro atoms. The van der Waals surface area contributed by atoms with E-state index in [1.165, 1.54) is 13.2 Å². The Bertz CT molecular complexity index is 196. The fourth-order valence-corrected chi connectivity index (χ4v) is 0.813. The molecule has 0 aliphatic rings. The zero-order valence-corrected chi connectivity index (χ0v) is 7.53. The number of carbonyl (C=O) groups excluding carboxylic acids is 2. The van der Waals surface area contributed by atoms with Gasteiger partial charge in [-0.05, 0) is 5.92 Å². The minimum Gasteiger partial charge on any atom is -0.467 e. The van der Waals surface area contributed by atoms with Crippen LogP contribution in [0.5, 0.6) is 0 Å². The summed E-state index contributed by atoms with van der Waals surface area (Å²) in [5.74, 6) is -0.466. The molecule has 4 heteroatoms. The second-order valence-corrected chi connectivity index (χ2v) is 2.57. The summed E-state index contributed by atoms with van der Waals surface area (Å²) < 4.78 is 4.48. The number of hydrogen-bond donors (Lipinski definition) is 0. The van der Waals surface area contributed by atoms with Crippen molar-refractivity contribution in [3.05, 3.63) is 0 Å². The maximum absolute atomic E-state index is 11.0. The van der Waals surface area contributed by atoms with Crippen LogP contribution in [0.15, 0.2) is 4.99 Å². The van der Waals surface area contributed by atoms with Gasteiger partial charge in [-0.15, -0.1) is 0 Å². The topological polar surface area (TPSA) is 55.7 Å². The van der Waals surface area contributed by atoms with Gasteiger partial charge in [0, 0.05) is 0 Å². The third kappa shape index (κ3) is 2.84. The van der Waals surface area contributed by atoms with Gasteiger partial charge >= 0.3 is 5.97 Å². The van der Waals surface area contributed by atoms with Crippen LogP contribution < -0.4 is 0 Å². The number of carbonyl (C=O) groups is 1. The van der Waals surface area contributed by atoms with Crippen LogP contribution in [-0.2, 0) is 14.3 Å². The van der Waals surface area contributed by atoms with Crippen LogP contribution in [0.3, 0.4) is 0 Å². The van der Waals surface area contributed by atoms with E-state index >= 15 is 0 Å². The maximum atomic E-state index is 11.0. The van der Waals surface area contributed by atoms with E-state index < -0.39 is 12.0 Å². The highest BCUT2D eigenvalue weighted by atomic mass is 16.5. The average Bonchev–Trinajstić information content (AvgIpc) is 2.11. The van der Waals surface area contributed by atoms with Crippen molar-refractivity contribution in [2.75, 3.05) is 7.11 Å². The number of isocyanates is 1. The molecule has 0 aliphatic heterocycles. The average molecular weight is 171 g/mol. The summed E-state index contributed by atoms with van der Waals surface area (Å²) in [5.41, 5.74) is 0. The van der Waals surface area contributed by atoms with Crippen molar-refractivity contribution in [2.45, 2.75) is 26.3 Å². The molecule has 0 amide bonds. The summed E-state index contributed by atoms with van der Waals surface area (Å²) in [6, 6.07) is -0.697. The highest BCUT2D eigenvalue weighted by Gasteiger charge is 2.23. The Labute approximate surface area is 71.6 Å². The van der Waals surface area contributed by atoms with Crippen molar-refractivity contribution in [3.8, 4) is 0 Å². The van der Waals surface area contributed by atoms with Crippen LogP contribution in [0, 0.1) is 5.92 Å². The van der Waals surface area contributed by atoms with E-state index in [4.69, 9.17) is 0 Å². The molecule has 4 nitrogen and oxygen atoms in total. The van der Waals surface area contributed by atoms with E-state index in [0.717, 1.165) is 6.42 Å². The first-order valence-electron chi connectivity index (χ1n) is 3.82. The second-order valence-electron chi connectivity index (χ2n) is 2.57. The zero-order chi connectivity index (χ0) is 9.56. The Balaban J connectivity index is 4.42. The van der Waals surface area contributed by atoms with Crippen LogP contribution in [0.2, 0.25) is 0 Å². The van der Waals surface area contributed by atoms with Gasteiger partial charge in [0.05, 0.1) is 7.11 Å². The zero-order valence-electron chi connectivity index (χ0n) is 7.53. The van der Waals surface area contributed by atoms with E-state index in [-0.39, 0.29) is 5.92 Å². The van der Waals surface area contributed by atoms with Gasteiger partial charge in [0.25, 0.3) is 0 Å². The quantitative estimate of drug-likeness (QED) is 0.359. The van der Waals surface area contributed by atoms with Crippen molar-refractivity contribution in [3.63, 3.8) is 0 Å². The predicted molar refractivity (Wildman–Crippen MR) is 43.4 cm³/mol. The highest BCUT2D eigenvalue weighted by Crippen LogP contribution is 2.11. The number of hydrogen-bond acceptors (Lipinski definition) is 4. The largest absolute Gasteiger partial charge is 0.467 e. The fraction of sp³-hybridized carbons (Fsp3) is 0.750. The van der Waals surface area contributed by atoms with E-state index in [0.29, 0.717) is 0 Å². The van der Waals surface area contributed by atoms with E-state index in [2.05, 4.69) is 9.73 Å². The Morgan fingerprint density at radius 3 is 2.58 bits per heavy atom. The van der Waals surface area contributed by atoms with Gasteiger partial charge in [-0.2, -0.15) is 4.99 Å². The van der Waals surface area contributed by atoms with Gasteiger partial charge in [-0.1, -0.05) is 20.3 Å². The Morgan fingerprint density at radius 1 is 1.67 bits per heavy atom. The van der Waals surface area contributed by atoms with Gasteiger partial charge in [0.1, 0.15) is 0 Å². The van der Waals surface area contributed by atoms with E-state index in [9.17, 15) is 9.59 Å². The van der Waals surface area contributed by atoms with Crippen molar-refractivity contribution >= 4 is 12.0 Å². The highest BCUT2D eigenvalue weighted by molar-refractivity contribution is 5.77. The first-order valence-corrected chi connectivity index (χ1v) is 3.82. The lowest BCUT2D eigenvalue weighted by Crippen LogP contribution is -2.26. The molecule has 0 radical (unpaired) electrons. The second kappa shape index (κ2) is 5.49. The van der Waals surface area contributed by atoms with Crippen molar-refractivity contribution in [2.24, 2.45) is 10.9 Å². The minimum atomic E-state index is -0.697. The molecule has 2 atom stereocenters. The molecule has 68 valence electrons. The number of esters is 1. The molecule has 0 unspecified atom stereocenters. The van der Waals surface area contributed by atoms with Crippen molar-refractivity contribution in [1.29, 1.82) is 0 Å². The lowest BCUT2D eigenvalue weighted by atomic mass is 10.0. The van der Waals surface area contributed by atoms with Crippen molar-refractivity contribution in [1.82, 2.24) is 0 Å². The number of rotatable bonds is 4. The summed E-state index contributed by atoms with van der Waals surface area (Å²) >= 11 is 0. The summed E-state index contributed by atoms with van der Waals surface area (Å²) in [7, 11) is 1.28. The van der Waals surface area contributed by atoms with Gasteiger partial charge in [0.2, 0.25) is 6.08 Å². The third-order valence-corrected chi connectivity index (χ3v) is 1.82. The maximum Gasteiger partial charge on any atom is 0.331 e. The van der Waals surface area contributed by atoms with Crippen molar-refractivity contribution < 1.29 is 14.3 Å². The van der Waals surface area contributed by atoms with Crippen LogP contribution in [0.1, 0.15) is 20.3 Å². The summed E-state index contributed by atoms with van der Waals surface area (Å²) in [5, 5.41) is 0. The van der Waals surface area contributed by atoms with Gasteiger partial charge in [-0.3, -0.25) is 0 Å². The molecule has 0 N–H and O–H groups in total. The molecule has 0 rings (SSSR count). The molecular formula is C8H13NO3. The lowest BCUT2D eigenvalue weighted by molar-refractivity contribution is -0.143. The van der Waals surface area contributed by atoms with Gasteiger partial charge in [0.15, 0.2) is 6.04 Å². The first kappa shape index (κ1) is 10.8. The molecule has 0 heterocycles. The normalized spacial score (nSPS) is 14.2. The number of methoxy groups -OCH3 is 1. The summed E-state index contributed by atoms with van der Waals surface area (Å²) in [6.45, 7) is 3.75. The Hall–Kier alpha value is -1.15. The Kier molecular flexibility index (Phi) is 4.97. The molecule has 0 bridgehead atoms. The van der Waals surface area contributed by atoms with Crippen LogP contribution >= 0.6 is 0 Å². The molecule has 0 aromatic heterocycles. The predicted octanol–water partition coefficient (Wildman–Crippen LogP) is 0.910. The monoisotopic (exact) mass is 171 g/mol. The molecule has 0 saturated heterocycles. The lowest BCUT2D eigenvalue weighted by Gasteiger charge is -2.13. The molecule has 0 fully saturated rings. The van der Waals surface area contributed by atoms with E-state index in [1.807, 2.05) is 13.8 Å². The standard InChI is InChI=1S/C8H13NO3/c1-4-6(2)7(9-5-10)8(11)12-3/h6-7H,4H2,1-3H3/t6-,7-/m1/s1. The molecule has 0 aliphatic carbocycles. The molecule has 0 aromatic rings. The minimum absolute atomic E-state index is 0.0129. The van der Waals surface area contributed by atoms with Crippen LogP contribution in [-0.4, -0.2) is 25.2 Å². The van der Waals surface area contributed by atoms with Gasteiger partial charge in [-0.25, -0.2) is 9.59 Å². The third-order valence-electron chi connectivity index (χ3n) is 1.82.